The molecule has 0 bridgehead atoms. The second kappa shape index (κ2) is 2.73. The van der Waals surface area contributed by atoms with Crippen molar-refractivity contribution < 1.29 is 10.0 Å². The molecule has 1 heterocycles. The number of non-ortho nitro benzene ring substituents is 1. The highest BCUT2D eigenvalue weighted by molar-refractivity contribution is 5.95. The van der Waals surface area contributed by atoms with E-state index in [9.17, 15) is 15.2 Å². The van der Waals surface area contributed by atoms with Crippen molar-refractivity contribution in [1.29, 1.82) is 0 Å². The van der Waals surface area contributed by atoms with Crippen molar-refractivity contribution in [2.24, 2.45) is 7.05 Å². The molecule has 0 aliphatic rings. The lowest BCUT2D eigenvalue weighted by atomic mass is 10.2. The summed E-state index contributed by atoms with van der Waals surface area (Å²) in [5, 5.41) is 21.2. The minimum absolute atomic E-state index is 0.0689. The zero-order valence-electron chi connectivity index (χ0n) is 7.47. The van der Waals surface area contributed by atoms with Gasteiger partial charge in [-0.05, 0) is 0 Å². The van der Waals surface area contributed by atoms with E-state index >= 15 is 0 Å². The first-order chi connectivity index (χ1) is 6.61. The molecule has 0 radical (unpaired) electrons. The van der Waals surface area contributed by atoms with Crippen molar-refractivity contribution in [2.45, 2.75) is 0 Å². The highest BCUT2D eigenvalue weighted by atomic mass is 16.6. The largest absolute Gasteiger partial charge is 0.494 e. The molecule has 0 aliphatic carbocycles. The number of nitro groups is 1. The number of benzene rings is 1. The van der Waals surface area contributed by atoms with Gasteiger partial charge in [0.15, 0.2) is 0 Å². The van der Waals surface area contributed by atoms with E-state index in [1.165, 1.54) is 10.6 Å². The predicted molar refractivity (Wildman–Crippen MR) is 51.2 cm³/mol. The summed E-state index contributed by atoms with van der Waals surface area (Å²) in [5.74, 6) is -0.0766. The van der Waals surface area contributed by atoms with Crippen molar-refractivity contribution in [1.82, 2.24) is 4.57 Å². The molecule has 72 valence electrons. The molecule has 0 saturated heterocycles. The maximum atomic E-state index is 10.7. The molecule has 5 heteroatoms. The van der Waals surface area contributed by atoms with E-state index in [4.69, 9.17) is 0 Å². The summed E-state index contributed by atoms with van der Waals surface area (Å²) >= 11 is 0. The third kappa shape index (κ3) is 1.02. The first-order valence-electron chi connectivity index (χ1n) is 4.02. The van der Waals surface area contributed by atoms with Crippen LogP contribution in [0.5, 0.6) is 5.88 Å². The van der Waals surface area contributed by atoms with Crippen molar-refractivity contribution >= 4 is 16.5 Å². The number of aromatic hydroxyl groups is 1. The summed E-state index contributed by atoms with van der Waals surface area (Å²) in [5.41, 5.74) is -0.0689. The second-order valence-corrected chi connectivity index (χ2v) is 3.06. The fourth-order valence-electron chi connectivity index (χ4n) is 1.51. The topological polar surface area (TPSA) is 68.3 Å². The number of aryl methyl sites for hydroxylation is 1. The molecule has 2 aromatic rings. The Morgan fingerprint density at radius 3 is 2.86 bits per heavy atom. The fourth-order valence-corrected chi connectivity index (χ4v) is 1.51. The zero-order valence-corrected chi connectivity index (χ0v) is 7.47. The number of nitro benzene ring substituents is 1. The fraction of sp³-hybridized carbons (Fsp3) is 0.111. The summed E-state index contributed by atoms with van der Waals surface area (Å²) in [6, 6.07) is 4.70. The van der Waals surface area contributed by atoms with Crippen LogP contribution in [0, 0.1) is 10.1 Å². The molecule has 1 N–H and O–H groups in total. The van der Waals surface area contributed by atoms with Gasteiger partial charge in [-0.3, -0.25) is 10.1 Å². The van der Waals surface area contributed by atoms with Crippen molar-refractivity contribution in [3.05, 3.63) is 34.5 Å². The molecule has 2 rings (SSSR count). The van der Waals surface area contributed by atoms with E-state index in [1.54, 1.807) is 25.4 Å². The standard InChI is InChI=1S/C9H8N2O3/c1-10-5-6-3-2-4-7(11(13)14)8(6)9(10)12/h2-5,12H,1H3. The molecule has 14 heavy (non-hydrogen) atoms. The van der Waals surface area contributed by atoms with E-state index in [1.807, 2.05) is 0 Å². The molecular weight excluding hydrogens is 184 g/mol. The Labute approximate surface area is 79.3 Å². The van der Waals surface area contributed by atoms with Crippen LogP contribution in [-0.4, -0.2) is 14.6 Å². The van der Waals surface area contributed by atoms with E-state index in [-0.39, 0.29) is 11.6 Å². The van der Waals surface area contributed by atoms with Crippen LogP contribution in [-0.2, 0) is 7.05 Å². The molecule has 0 fully saturated rings. The highest BCUT2D eigenvalue weighted by Crippen LogP contribution is 2.33. The van der Waals surface area contributed by atoms with Gasteiger partial charge in [0.25, 0.3) is 5.69 Å². The van der Waals surface area contributed by atoms with Crippen molar-refractivity contribution in [3.63, 3.8) is 0 Å². The first-order valence-corrected chi connectivity index (χ1v) is 4.02. The molecular formula is C9H8N2O3. The molecule has 0 atom stereocenters. The number of fused-ring (bicyclic) bond motifs is 1. The van der Waals surface area contributed by atoms with Crippen LogP contribution < -0.4 is 0 Å². The number of nitrogens with zero attached hydrogens (tertiary/aromatic N) is 2. The zero-order chi connectivity index (χ0) is 10.3. The van der Waals surface area contributed by atoms with Gasteiger partial charge in [-0.1, -0.05) is 12.1 Å². The predicted octanol–water partition coefficient (Wildman–Crippen LogP) is 1.79. The van der Waals surface area contributed by atoms with Crippen LogP contribution in [0.25, 0.3) is 10.8 Å². The molecule has 0 aliphatic heterocycles. The molecule has 0 unspecified atom stereocenters. The van der Waals surface area contributed by atoms with E-state index in [0.29, 0.717) is 10.8 Å². The smallest absolute Gasteiger partial charge is 0.282 e. The third-order valence-corrected chi connectivity index (χ3v) is 2.16. The number of rotatable bonds is 1. The lowest BCUT2D eigenvalue weighted by Gasteiger charge is -1.95. The van der Waals surface area contributed by atoms with E-state index < -0.39 is 4.92 Å². The third-order valence-electron chi connectivity index (χ3n) is 2.16. The molecule has 0 saturated carbocycles. The lowest BCUT2D eigenvalue weighted by molar-refractivity contribution is -0.383. The normalized spacial score (nSPS) is 10.6. The van der Waals surface area contributed by atoms with Gasteiger partial charge in [-0.25, -0.2) is 0 Å². The first kappa shape index (κ1) is 8.55. The van der Waals surface area contributed by atoms with Gasteiger partial charge >= 0.3 is 0 Å². The molecule has 0 spiro atoms. The second-order valence-electron chi connectivity index (χ2n) is 3.06. The minimum Gasteiger partial charge on any atom is -0.494 e. The van der Waals surface area contributed by atoms with Gasteiger partial charge in [0, 0.05) is 24.7 Å². The van der Waals surface area contributed by atoms with Gasteiger partial charge in [-0.15, -0.1) is 0 Å². The van der Waals surface area contributed by atoms with Crippen LogP contribution in [0.1, 0.15) is 0 Å². The monoisotopic (exact) mass is 192 g/mol. The average Bonchev–Trinajstić information content (AvgIpc) is 2.43. The number of hydrogen-bond acceptors (Lipinski definition) is 3. The Bertz CT molecular complexity index is 516. The Morgan fingerprint density at radius 1 is 1.50 bits per heavy atom. The van der Waals surface area contributed by atoms with Gasteiger partial charge in [-0.2, -0.15) is 0 Å². The Morgan fingerprint density at radius 2 is 2.21 bits per heavy atom. The van der Waals surface area contributed by atoms with Gasteiger partial charge in [0.2, 0.25) is 5.88 Å². The summed E-state index contributed by atoms with van der Waals surface area (Å²) in [6.45, 7) is 0. The van der Waals surface area contributed by atoms with Crippen LogP contribution >= 0.6 is 0 Å². The van der Waals surface area contributed by atoms with Crippen molar-refractivity contribution in [2.75, 3.05) is 0 Å². The Hall–Kier alpha value is -2.04. The van der Waals surface area contributed by atoms with Crippen LogP contribution in [0.4, 0.5) is 5.69 Å². The summed E-state index contributed by atoms with van der Waals surface area (Å²) in [4.78, 5) is 10.2. The average molecular weight is 192 g/mol. The van der Waals surface area contributed by atoms with Gasteiger partial charge < -0.3 is 9.67 Å². The van der Waals surface area contributed by atoms with E-state index in [0.717, 1.165) is 0 Å². The molecule has 1 aromatic heterocycles. The van der Waals surface area contributed by atoms with Crippen molar-refractivity contribution in [3.8, 4) is 5.88 Å². The van der Waals surface area contributed by atoms with Crippen LogP contribution in [0.3, 0.4) is 0 Å². The SMILES string of the molecule is Cn1cc2cccc([N+](=O)[O-])c2c1O. The quantitative estimate of drug-likeness (QED) is 0.553. The number of aromatic nitrogens is 1. The molecule has 1 aromatic carbocycles. The molecule has 5 nitrogen and oxygen atoms in total. The maximum Gasteiger partial charge on any atom is 0.282 e. The van der Waals surface area contributed by atoms with Crippen LogP contribution in [0.15, 0.2) is 24.4 Å². The van der Waals surface area contributed by atoms with E-state index in [2.05, 4.69) is 0 Å². The summed E-state index contributed by atoms with van der Waals surface area (Å²) in [6.07, 6.45) is 1.65. The molecule has 0 amide bonds. The summed E-state index contributed by atoms with van der Waals surface area (Å²) in [7, 11) is 1.64. The van der Waals surface area contributed by atoms with Crippen LogP contribution in [0.2, 0.25) is 0 Å². The Balaban J connectivity index is 2.91. The highest BCUT2D eigenvalue weighted by Gasteiger charge is 2.17. The Kier molecular flexibility index (Phi) is 1.67. The minimum atomic E-state index is -0.498. The maximum absolute atomic E-state index is 10.7. The lowest BCUT2D eigenvalue weighted by Crippen LogP contribution is -1.88. The number of hydrogen-bond donors (Lipinski definition) is 1. The van der Waals surface area contributed by atoms with Gasteiger partial charge in [0.05, 0.1) is 4.92 Å². The summed E-state index contributed by atoms with van der Waals surface area (Å²) < 4.78 is 1.46. The van der Waals surface area contributed by atoms with Gasteiger partial charge in [0.1, 0.15) is 5.39 Å².